The van der Waals surface area contributed by atoms with E-state index in [1.165, 1.54) is 7.11 Å². The van der Waals surface area contributed by atoms with Gasteiger partial charge in [0.05, 0.1) is 18.7 Å². The Kier molecular flexibility index (Phi) is 6.04. The van der Waals surface area contributed by atoms with Crippen molar-refractivity contribution in [2.75, 3.05) is 13.7 Å². The van der Waals surface area contributed by atoms with Crippen molar-refractivity contribution in [1.29, 1.82) is 0 Å². The maximum absolute atomic E-state index is 13.0. The normalized spacial score (nSPS) is 11.3. The molecule has 0 aromatic heterocycles. The topological polar surface area (TPSA) is 64.6 Å². The average molecular weight is 374 g/mol. The first-order chi connectivity index (χ1) is 11.4. The number of hydrogen-bond donors (Lipinski definition) is 1. The van der Waals surface area contributed by atoms with Crippen LogP contribution < -0.4 is 14.2 Å². The van der Waals surface area contributed by atoms with Crippen molar-refractivity contribution in [2.45, 2.75) is 18.4 Å². The van der Waals surface area contributed by atoms with E-state index >= 15 is 0 Å². The first kappa shape index (κ1) is 18.5. The number of nitrogens with one attached hydrogen (secondary N) is 1. The molecule has 0 bridgehead atoms. The van der Waals surface area contributed by atoms with E-state index < -0.39 is 15.8 Å². The third-order valence-corrected chi connectivity index (χ3v) is 5.06. The summed E-state index contributed by atoms with van der Waals surface area (Å²) in [6.45, 7) is 2.37. The van der Waals surface area contributed by atoms with Crippen LogP contribution in [0.5, 0.6) is 11.5 Å². The zero-order chi connectivity index (χ0) is 17.7. The van der Waals surface area contributed by atoms with Crippen LogP contribution in [0.15, 0.2) is 41.3 Å². The van der Waals surface area contributed by atoms with E-state index in [9.17, 15) is 12.8 Å². The lowest BCUT2D eigenvalue weighted by molar-refractivity contribution is 0.310. The molecule has 5 nitrogen and oxygen atoms in total. The highest BCUT2D eigenvalue weighted by atomic mass is 35.5. The standard InChI is InChI=1S/C16H17ClFNO4S/c1-3-23-14-6-4-11(8-15(14)22-2)10-19-24(20,21)16-7-5-12(18)9-13(16)17/h4-9,19H,3,10H2,1-2H3. The van der Waals surface area contributed by atoms with E-state index in [4.69, 9.17) is 21.1 Å². The summed E-state index contributed by atoms with van der Waals surface area (Å²) in [4.78, 5) is -0.177. The maximum Gasteiger partial charge on any atom is 0.242 e. The first-order valence-corrected chi connectivity index (χ1v) is 8.98. The zero-order valence-corrected chi connectivity index (χ0v) is 14.7. The highest BCUT2D eigenvalue weighted by Crippen LogP contribution is 2.28. The van der Waals surface area contributed by atoms with Gasteiger partial charge in [-0.3, -0.25) is 0 Å². The largest absolute Gasteiger partial charge is 0.493 e. The molecule has 130 valence electrons. The van der Waals surface area contributed by atoms with Crippen molar-refractivity contribution in [3.63, 3.8) is 0 Å². The Hall–Kier alpha value is -1.83. The van der Waals surface area contributed by atoms with Crippen molar-refractivity contribution < 1.29 is 22.3 Å². The number of halogens is 2. The van der Waals surface area contributed by atoms with Gasteiger partial charge in [-0.1, -0.05) is 17.7 Å². The lowest BCUT2D eigenvalue weighted by Gasteiger charge is -2.12. The minimum atomic E-state index is -3.87. The number of ether oxygens (including phenoxy) is 2. The Morgan fingerprint density at radius 2 is 1.92 bits per heavy atom. The molecule has 0 unspecified atom stereocenters. The van der Waals surface area contributed by atoms with Gasteiger partial charge < -0.3 is 9.47 Å². The lowest BCUT2D eigenvalue weighted by Crippen LogP contribution is -2.23. The molecule has 0 atom stereocenters. The average Bonchev–Trinajstić information content (AvgIpc) is 2.53. The Morgan fingerprint density at radius 3 is 2.54 bits per heavy atom. The molecule has 0 aliphatic heterocycles. The van der Waals surface area contributed by atoms with Crippen LogP contribution in [0.2, 0.25) is 5.02 Å². The van der Waals surface area contributed by atoms with Crippen LogP contribution in [0.25, 0.3) is 0 Å². The summed E-state index contributed by atoms with van der Waals surface area (Å²) in [6.07, 6.45) is 0. The van der Waals surface area contributed by atoms with E-state index in [0.717, 1.165) is 18.2 Å². The van der Waals surface area contributed by atoms with Gasteiger partial charge in [-0.2, -0.15) is 0 Å². The van der Waals surface area contributed by atoms with E-state index in [1.807, 2.05) is 6.92 Å². The van der Waals surface area contributed by atoms with Gasteiger partial charge in [-0.05, 0) is 42.8 Å². The molecule has 0 heterocycles. The number of methoxy groups -OCH3 is 1. The minimum absolute atomic E-state index is 0.0266. The van der Waals surface area contributed by atoms with E-state index in [0.29, 0.717) is 23.7 Å². The summed E-state index contributed by atoms with van der Waals surface area (Å²) >= 11 is 5.80. The Labute approximate surface area is 145 Å². The second kappa shape index (κ2) is 7.83. The van der Waals surface area contributed by atoms with Crippen molar-refractivity contribution in [1.82, 2.24) is 4.72 Å². The van der Waals surface area contributed by atoms with E-state index in [-0.39, 0.29) is 16.5 Å². The number of benzene rings is 2. The van der Waals surface area contributed by atoms with Crippen molar-refractivity contribution in [3.8, 4) is 11.5 Å². The smallest absolute Gasteiger partial charge is 0.242 e. The Balaban J connectivity index is 2.17. The molecule has 0 amide bonds. The molecule has 2 rings (SSSR count). The van der Waals surface area contributed by atoms with Crippen LogP contribution in [-0.4, -0.2) is 22.1 Å². The fourth-order valence-electron chi connectivity index (χ4n) is 2.05. The molecule has 24 heavy (non-hydrogen) atoms. The minimum Gasteiger partial charge on any atom is -0.493 e. The van der Waals surface area contributed by atoms with Gasteiger partial charge >= 0.3 is 0 Å². The van der Waals surface area contributed by atoms with E-state index in [1.54, 1.807) is 18.2 Å². The highest BCUT2D eigenvalue weighted by Gasteiger charge is 2.18. The van der Waals surface area contributed by atoms with Crippen LogP contribution in [0, 0.1) is 5.82 Å². The summed E-state index contributed by atoms with van der Waals surface area (Å²) < 4.78 is 50.7. The molecular formula is C16H17ClFNO4S. The lowest BCUT2D eigenvalue weighted by atomic mass is 10.2. The Bertz CT molecular complexity index is 827. The summed E-state index contributed by atoms with van der Waals surface area (Å²) in [5.74, 6) is 0.483. The van der Waals surface area contributed by atoms with Crippen LogP contribution in [0.4, 0.5) is 4.39 Å². The summed E-state index contributed by atoms with van der Waals surface area (Å²) in [7, 11) is -2.36. The molecule has 2 aromatic rings. The molecule has 0 aliphatic rings. The van der Waals surface area contributed by atoms with Crippen molar-refractivity contribution in [3.05, 3.63) is 52.8 Å². The monoisotopic (exact) mass is 373 g/mol. The molecule has 0 fully saturated rings. The van der Waals surface area contributed by atoms with Gasteiger partial charge in [0.15, 0.2) is 11.5 Å². The molecule has 0 spiro atoms. The summed E-state index contributed by atoms with van der Waals surface area (Å²) in [5, 5.41) is -0.174. The van der Waals surface area contributed by atoms with Crippen LogP contribution in [-0.2, 0) is 16.6 Å². The molecule has 0 saturated carbocycles. The highest BCUT2D eigenvalue weighted by molar-refractivity contribution is 7.89. The SMILES string of the molecule is CCOc1ccc(CNS(=O)(=O)c2ccc(F)cc2Cl)cc1OC. The van der Waals surface area contributed by atoms with Gasteiger partial charge in [0, 0.05) is 6.54 Å². The fourth-order valence-corrected chi connectivity index (χ4v) is 3.59. The zero-order valence-electron chi connectivity index (χ0n) is 13.2. The van der Waals surface area contributed by atoms with Gasteiger partial charge in [0.2, 0.25) is 10.0 Å². The molecule has 1 N–H and O–H groups in total. The molecule has 0 radical (unpaired) electrons. The van der Waals surface area contributed by atoms with Gasteiger partial charge in [-0.25, -0.2) is 17.5 Å². The predicted octanol–water partition coefficient (Wildman–Crippen LogP) is 3.36. The van der Waals surface area contributed by atoms with Crippen LogP contribution in [0.1, 0.15) is 12.5 Å². The quantitative estimate of drug-likeness (QED) is 0.808. The van der Waals surface area contributed by atoms with Crippen molar-refractivity contribution in [2.24, 2.45) is 0 Å². The van der Waals surface area contributed by atoms with Crippen LogP contribution in [0.3, 0.4) is 0 Å². The maximum atomic E-state index is 13.0. The van der Waals surface area contributed by atoms with Gasteiger partial charge in [-0.15, -0.1) is 0 Å². The number of sulfonamides is 1. The second-order valence-electron chi connectivity index (χ2n) is 4.82. The third-order valence-electron chi connectivity index (χ3n) is 3.18. The predicted molar refractivity (Wildman–Crippen MR) is 89.6 cm³/mol. The fraction of sp³-hybridized carbons (Fsp3) is 0.250. The molecule has 0 aliphatic carbocycles. The number of hydrogen-bond acceptors (Lipinski definition) is 4. The molecule has 0 saturated heterocycles. The van der Waals surface area contributed by atoms with E-state index in [2.05, 4.69) is 4.72 Å². The van der Waals surface area contributed by atoms with Gasteiger partial charge in [0.1, 0.15) is 10.7 Å². The van der Waals surface area contributed by atoms with Crippen molar-refractivity contribution >= 4 is 21.6 Å². The summed E-state index contributed by atoms with van der Waals surface area (Å²) in [6, 6.07) is 8.23. The molecular weight excluding hydrogens is 357 g/mol. The van der Waals surface area contributed by atoms with Crippen LogP contribution >= 0.6 is 11.6 Å². The Morgan fingerprint density at radius 1 is 1.17 bits per heavy atom. The summed E-state index contributed by atoms with van der Waals surface area (Å²) in [5.41, 5.74) is 0.678. The third kappa shape index (κ3) is 4.37. The second-order valence-corrected chi connectivity index (χ2v) is 6.96. The molecule has 2 aromatic carbocycles. The number of rotatable bonds is 7. The molecule has 8 heteroatoms. The first-order valence-electron chi connectivity index (χ1n) is 7.11. The van der Waals surface area contributed by atoms with Gasteiger partial charge in [0.25, 0.3) is 0 Å².